The average molecular weight is 282 g/mol. The topological polar surface area (TPSA) is 26.0 Å². The van der Waals surface area contributed by atoms with Gasteiger partial charge in [0.05, 0.1) is 5.02 Å². The van der Waals surface area contributed by atoms with E-state index < -0.39 is 0 Å². The van der Waals surface area contributed by atoms with Crippen LogP contribution in [0.1, 0.15) is 11.1 Å². The van der Waals surface area contributed by atoms with E-state index in [1.165, 1.54) is 12.1 Å². The Bertz CT molecular complexity index is 545. The number of hydrogen-bond donors (Lipinski definition) is 1. The van der Waals surface area contributed by atoms with Crippen molar-refractivity contribution in [3.8, 4) is 0 Å². The van der Waals surface area contributed by atoms with E-state index in [2.05, 4.69) is 0 Å². The number of halogens is 2. The Hall–Kier alpha value is -1.03. The summed E-state index contributed by atoms with van der Waals surface area (Å²) in [4.78, 5) is 1.02. The van der Waals surface area contributed by atoms with Gasteiger partial charge in [-0.25, -0.2) is 4.39 Å². The minimum Gasteiger partial charge on any atom is -0.326 e. The number of rotatable bonds is 4. The maximum atomic E-state index is 13.1. The molecule has 0 amide bonds. The number of thioether (sulfide) groups is 1. The van der Waals surface area contributed by atoms with Crippen molar-refractivity contribution in [3.05, 3.63) is 64.4 Å². The fraction of sp³-hybridized carbons (Fsp3) is 0.143. The first kappa shape index (κ1) is 13.4. The van der Waals surface area contributed by atoms with Gasteiger partial charge in [-0.2, -0.15) is 0 Å². The summed E-state index contributed by atoms with van der Waals surface area (Å²) in [5.74, 6) is 0.484. The molecule has 0 saturated heterocycles. The van der Waals surface area contributed by atoms with Crippen molar-refractivity contribution in [2.75, 3.05) is 0 Å². The van der Waals surface area contributed by atoms with Gasteiger partial charge < -0.3 is 5.73 Å². The van der Waals surface area contributed by atoms with E-state index in [-0.39, 0.29) is 5.82 Å². The molecule has 0 aliphatic carbocycles. The van der Waals surface area contributed by atoms with Crippen LogP contribution in [0.3, 0.4) is 0 Å². The number of hydrogen-bond acceptors (Lipinski definition) is 2. The zero-order chi connectivity index (χ0) is 13.0. The summed E-state index contributed by atoms with van der Waals surface area (Å²) in [7, 11) is 0. The minimum atomic E-state index is -0.248. The molecule has 1 nitrogen and oxygen atoms in total. The molecule has 0 unspecified atom stereocenters. The van der Waals surface area contributed by atoms with E-state index in [1.807, 2.05) is 24.3 Å². The summed E-state index contributed by atoms with van der Waals surface area (Å²) >= 11 is 7.71. The molecule has 0 spiro atoms. The SMILES string of the molecule is NCc1cc(F)ccc1CSc1ccccc1Cl. The van der Waals surface area contributed by atoms with Crippen LogP contribution in [-0.4, -0.2) is 0 Å². The van der Waals surface area contributed by atoms with Crippen LogP contribution in [0.15, 0.2) is 47.4 Å². The molecule has 2 rings (SSSR count). The highest BCUT2D eigenvalue weighted by molar-refractivity contribution is 7.98. The Labute approximate surface area is 115 Å². The Morgan fingerprint density at radius 2 is 1.89 bits per heavy atom. The van der Waals surface area contributed by atoms with Gasteiger partial charge in [0.1, 0.15) is 5.82 Å². The molecule has 2 N–H and O–H groups in total. The highest BCUT2D eigenvalue weighted by atomic mass is 35.5. The quantitative estimate of drug-likeness (QED) is 0.849. The van der Waals surface area contributed by atoms with Crippen molar-refractivity contribution < 1.29 is 4.39 Å². The number of nitrogens with two attached hydrogens (primary N) is 1. The largest absolute Gasteiger partial charge is 0.326 e. The molecule has 2 aromatic rings. The lowest BCUT2D eigenvalue weighted by molar-refractivity contribution is 0.624. The highest BCUT2D eigenvalue weighted by Crippen LogP contribution is 2.30. The van der Waals surface area contributed by atoms with Crippen LogP contribution >= 0.6 is 23.4 Å². The van der Waals surface area contributed by atoms with Gasteiger partial charge in [0.25, 0.3) is 0 Å². The van der Waals surface area contributed by atoms with Crippen molar-refractivity contribution in [3.63, 3.8) is 0 Å². The third-order valence-electron chi connectivity index (χ3n) is 2.61. The van der Waals surface area contributed by atoms with Crippen molar-refractivity contribution in [1.29, 1.82) is 0 Å². The van der Waals surface area contributed by atoms with E-state index in [1.54, 1.807) is 17.8 Å². The molecule has 4 heteroatoms. The van der Waals surface area contributed by atoms with Crippen molar-refractivity contribution in [2.24, 2.45) is 5.73 Å². The molecule has 0 fully saturated rings. The van der Waals surface area contributed by atoms with Crippen LogP contribution in [-0.2, 0) is 12.3 Å². The molecule has 0 radical (unpaired) electrons. The lowest BCUT2D eigenvalue weighted by Crippen LogP contribution is -2.01. The van der Waals surface area contributed by atoms with Gasteiger partial charge in [-0.1, -0.05) is 29.8 Å². The summed E-state index contributed by atoms with van der Waals surface area (Å²) in [5.41, 5.74) is 7.50. The minimum absolute atomic E-state index is 0.248. The van der Waals surface area contributed by atoms with Crippen LogP contribution in [0, 0.1) is 5.82 Å². The Kier molecular flexibility index (Phi) is 4.64. The Morgan fingerprint density at radius 3 is 2.61 bits per heavy atom. The fourth-order valence-corrected chi connectivity index (χ4v) is 2.92. The second kappa shape index (κ2) is 6.23. The molecule has 0 heterocycles. The summed E-state index contributed by atoms with van der Waals surface area (Å²) in [6, 6.07) is 12.4. The van der Waals surface area contributed by atoms with Crippen LogP contribution < -0.4 is 5.73 Å². The Morgan fingerprint density at radius 1 is 1.11 bits per heavy atom. The molecule has 0 aliphatic rings. The van der Waals surface area contributed by atoms with E-state index in [9.17, 15) is 4.39 Å². The van der Waals surface area contributed by atoms with Gasteiger partial charge in [0.15, 0.2) is 0 Å². The summed E-state index contributed by atoms with van der Waals surface area (Å²) in [5, 5.41) is 0.735. The smallest absolute Gasteiger partial charge is 0.123 e. The van der Waals surface area contributed by atoms with E-state index in [0.717, 1.165) is 26.8 Å². The summed E-state index contributed by atoms with van der Waals surface area (Å²) in [6.45, 7) is 0.343. The Balaban J connectivity index is 2.13. The molecule has 0 bridgehead atoms. The lowest BCUT2D eigenvalue weighted by Gasteiger charge is -2.08. The predicted molar refractivity (Wildman–Crippen MR) is 75.3 cm³/mol. The van der Waals surface area contributed by atoms with Crippen LogP contribution in [0.25, 0.3) is 0 Å². The standard InChI is InChI=1S/C14H13ClFNS/c15-13-3-1-2-4-14(13)18-9-10-5-6-12(16)7-11(10)8-17/h1-7H,8-9,17H2. The fourth-order valence-electron chi connectivity index (χ4n) is 1.64. The zero-order valence-corrected chi connectivity index (χ0v) is 11.3. The zero-order valence-electron chi connectivity index (χ0n) is 9.70. The van der Waals surface area contributed by atoms with Gasteiger partial charge >= 0.3 is 0 Å². The number of benzene rings is 2. The average Bonchev–Trinajstić information content (AvgIpc) is 2.39. The first-order chi connectivity index (χ1) is 8.70. The van der Waals surface area contributed by atoms with Crippen molar-refractivity contribution in [1.82, 2.24) is 0 Å². The lowest BCUT2D eigenvalue weighted by atomic mass is 10.1. The first-order valence-electron chi connectivity index (χ1n) is 5.55. The summed E-state index contributed by atoms with van der Waals surface area (Å²) in [6.07, 6.45) is 0. The van der Waals surface area contributed by atoms with Gasteiger partial charge in [-0.15, -0.1) is 11.8 Å². The second-order valence-corrected chi connectivity index (χ2v) is 5.26. The predicted octanol–water partition coefficient (Wildman–Crippen LogP) is 4.23. The van der Waals surface area contributed by atoms with Gasteiger partial charge in [0, 0.05) is 17.2 Å². The molecule has 0 saturated carbocycles. The van der Waals surface area contributed by atoms with E-state index in [4.69, 9.17) is 17.3 Å². The van der Waals surface area contributed by atoms with Crippen LogP contribution in [0.5, 0.6) is 0 Å². The third-order valence-corrected chi connectivity index (χ3v) is 4.17. The van der Waals surface area contributed by atoms with Crippen molar-refractivity contribution >= 4 is 23.4 Å². The van der Waals surface area contributed by atoms with Crippen LogP contribution in [0.2, 0.25) is 5.02 Å². The molecular weight excluding hydrogens is 269 g/mol. The van der Waals surface area contributed by atoms with E-state index >= 15 is 0 Å². The molecule has 2 aromatic carbocycles. The molecule has 0 aliphatic heterocycles. The van der Waals surface area contributed by atoms with Gasteiger partial charge in [-0.3, -0.25) is 0 Å². The van der Waals surface area contributed by atoms with E-state index in [0.29, 0.717) is 6.54 Å². The van der Waals surface area contributed by atoms with Gasteiger partial charge in [-0.05, 0) is 35.4 Å². The monoisotopic (exact) mass is 281 g/mol. The summed E-state index contributed by atoms with van der Waals surface area (Å²) < 4.78 is 13.1. The third kappa shape index (κ3) is 3.25. The normalized spacial score (nSPS) is 10.6. The molecule has 0 atom stereocenters. The molecule has 18 heavy (non-hydrogen) atoms. The maximum Gasteiger partial charge on any atom is 0.123 e. The molecule has 94 valence electrons. The van der Waals surface area contributed by atoms with Gasteiger partial charge in [0.2, 0.25) is 0 Å². The molecule has 0 aromatic heterocycles. The highest BCUT2D eigenvalue weighted by Gasteiger charge is 2.05. The first-order valence-corrected chi connectivity index (χ1v) is 6.92. The molecular formula is C14H13ClFNS. The second-order valence-electron chi connectivity index (χ2n) is 3.84. The maximum absolute atomic E-state index is 13.1. The van der Waals surface area contributed by atoms with Crippen LogP contribution in [0.4, 0.5) is 4.39 Å². The van der Waals surface area contributed by atoms with Crippen molar-refractivity contribution in [2.45, 2.75) is 17.2 Å².